The number of amides is 1. The summed E-state index contributed by atoms with van der Waals surface area (Å²) in [6.45, 7) is 7.55. The summed E-state index contributed by atoms with van der Waals surface area (Å²) in [4.78, 5) is 34.4. The van der Waals surface area contributed by atoms with E-state index in [1.165, 1.54) is 31.0 Å². The second-order valence-electron chi connectivity index (χ2n) is 9.39. The maximum Gasteiger partial charge on any atom is 0.350 e. The lowest BCUT2D eigenvalue weighted by Gasteiger charge is -2.35. The van der Waals surface area contributed by atoms with Crippen LogP contribution in [0.25, 0.3) is 22.0 Å². The highest BCUT2D eigenvalue weighted by Gasteiger charge is 2.30. The number of nitrogens with zero attached hydrogens (tertiary/aromatic N) is 4. The summed E-state index contributed by atoms with van der Waals surface area (Å²) in [5.74, 6) is -0.777. The number of aromatic nitrogens is 2. The number of aryl methyl sites for hydroxylation is 1. The van der Waals surface area contributed by atoms with Gasteiger partial charge in [0.05, 0.1) is 23.2 Å². The first kappa shape index (κ1) is 27.6. The highest BCUT2D eigenvalue weighted by atomic mass is 35.5. The molecule has 0 radical (unpaired) electrons. The minimum atomic E-state index is -0.847. The highest BCUT2D eigenvalue weighted by Crippen LogP contribution is 2.45. The molecule has 1 amide bonds. The summed E-state index contributed by atoms with van der Waals surface area (Å²) < 4.78 is 41.7. The molecule has 3 aromatic rings. The van der Waals surface area contributed by atoms with Crippen LogP contribution >= 0.6 is 23.4 Å². The van der Waals surface area contributed by atoms with Crippen molar-refractivity contribution in [3.8, 4) is 11.1 Å². The van der Waals surface area contributed by atoms with Gasteiger partial charge in [0.15, 0.2) is 0 Å². The van der Waals surface area contributed by atoms with Crippen LogP contribution in [0.5, 0.6) is 0 Å². The highest BCUT2D eigenvalue weighted by molar-refractivity contribution is 7.99. The fraction of sp³-hybridized carbons (Fsp3) is 0.370. The largest absolute Gasteiger partial charge is 0.359 e. The molecule has 206 valence electrons. The number of carbonyl (C=O) groups excluding carboxylic acids is 1. The van der Waals surface area contributed by atoms with Crippen molar-refractivity contribution in [2.45, 2.75) is 24.5 Å². The quantitative estimate of drug-likeness (QED) is 0.247. The molecular weight excluding hydrogens is 550 g/mol. The van der Waals surface area contributed by atoms with Gasteiger partial charge in [-0.25, -0.2) is 13.6 Å². The lowest BCUT2D eigenvalue weighted by Crippen LogP contribution is -2.49. The van der Waals surface area contributed by atoms with Crippen LogP contribution in [0.15, 0.2) is 40.5 Å². The summed E-state index contributed by atoms with van der Waals surface area (Å²) in [5.41, 5.74) is 1.53. The van der Waals surface area contributed by atoms with Crippen LogP contribution in [0.4, 0.5) is 14.6 Å². The Balaban J connectivity index is 1.71. The number of ether oxygens (including phenoxy) is 2. The number of hydrogen-bond donors (Lipinski definition) is 0. The molecule has 5 rings (SSSR count). The van der Waals surface area contributed by atoms with E-state index >= 15 is 4.39 Å². The van der Waals surface area contributed by atoms with Crippen molar-refractivity contribution in [1.29, 1.82) is 0 Å². The molecule has 0 aliphatic carbocycles. The molecule has 8 nitrogen and oxygen atoms in total. The molecule has 0 N–H and O–H groups in total. The number of piperazine rings is 1. The summed E-state index contributed by atoms with van der Waals surface area (Å²) in [7, 11) is 1.52. The zero-order valence-corrected chi connectivity index (χ0v) is 23.1. The number of thioether (sulfide) groups is 1. The monoisotopic (exact) mass is 576 g/mol. The average molecular weight is 577 g/mol. The molecule has 2 aromatic carbocycles. The second kappa shape index (κ2) is 11.2. The first-order valence-corrected chi connectivity index (χ1v) is 13.7. The molecular formula is C27H27ClF2N4O4S. The molecule has 0 unspecified atom stereocenters. The van der Waals surface area contributed by atoms with E-state index in [0.29, 0.717) is 53.7 Å². The normalized spacial score (nSPS) is 17.4. The van der Waals surface area contributed by atoms with E-state index in [-0.39, 0.29) is 35.9 Å². The van der Waals surface area contributed by atoms with Crippen molar-refractivity contribution >= 4 is 46.0 Å². The van der Waals surface area contributed by atoms with Gasteiger partial charge in [-0.15, -0.1) is 11.8 Å². The van der Waals surface area contributed by atoms with E-state index < -0.39 is 17.3 Å². The summed E-state index contributed by atoms with van der Waals surface area (Å²) in [6, 6.07) is 3.93. The van der Waals surface area contributed by atoms with Crippen LogP contribution in [-0.4, -0.2) is 72.3 Å². The first-order valence-electron chi connectivity index (χ1n) is 12.4. The number of benzene rings is 2. The molecule has 12 heteroatoms. The van der Waals surface area contributed by atoms with Crippen LogP contribution in [0, 0.1) is 18.6 Å². The van der Waals surface area contributed by atoms with Gasteiger partial charge in [-0.05, 0) is 30.7 Å². The fourth-order valence-electron chi connectivity index (χ4n) is 5.09. The third kappa shape index (κ3) is 5.16. The summed E-state index contributed by atoms with van der Waals surface area (Å²) >= 11 is 7.50. The molecule has 2 aliphatic heterocycles. The van der Waals surface area contributed by atoms with Gasteiger partial charge >= 0.3 is 5.69 Å². The molecule has 0 spiro atoms. The van der Waals surface area contributed by atoms with Gasteiger partial charge in [-0.3, -0.25) is 9.36 Å². The van der Waals surface area contributed by atoms with Crippen molar-refractivity contribution in [2.24, 2.45) is 0 Å². The van der Waals surface area contributed by atoms with Crippen LogP contribution in [0.3, 0.4) is 0 Å². The van der Waals surface area contributed by atoms with Gasteiger partial charge < -0.3 is 19.3 Å². The van der Waals surface area contributed by atoms with E-state index in [0.717, 1.165) is 17.0 Å². The van der Waals surface area contributed by atoms with Crippen LogP contribution < -0.4 is 10.6 Å². The average Bonchev–Trinajstić information content (AvgIpc) is 3.12. The van der Waals surface area contributed by atoms with Crippen molar-refractivity contribution in [1.82, 2.24) is 14.5 Å². The zero-order chi connectivity index (χ0) is 27.8. The van der Waals surface area contributed by atoms with Crippen molar-refractivity contribution in [3.63, 3.8) is 0 Å². The Kier molecular flexibility index (Phi) is 7.95. The Bertz CT molecular complexity index is 1520. The summed E-state index contributed by atoms with van der Waals surface area (Å²) in [6.07, 6.45) is 0.913. The van der Waals surface area contributed by atoms with Crippen LogP contribution in [0.2, 0.25) is 5.02 Å². The van der Waals surface area contributed by atoms with E-state index in [1.807, 2.05) is 17.9 Å². The fourth-order valence-corrected chi connectivity index (χ4v) is 6.58. The molecule has 2 aliphatic rings. The number of hydrogen-bond acceptors (Lipinski definition) is 7. The molecule has 1 saturated heterocycles. The summed E-state index contributed by atoms with van der Waals surface area (Å²) in [5, 5.41) is 0.528. The van der Waals surface area contributed by atoms with Gasteiger partial charge in [0, 0.05) is 66.5 Å². The van der Waals surface area contributed by atoms with Crippen LogP contribution in [0.1, 0.15) is 5.56 Å². The minimum Gasteiger partial charge on any atom is -0.359 e. The van der Waals surface area contributed by atoms with Crippen LogP contribution in [-0.2, 0) is 20.8 Å². The lowest BCUT2D eigenvalue weighted by atomic mass is 9.97. The zero-order valence-electron chi connectivity index (χ0n) is 21.5. The minimum absolute atomic E-state index is 0.0484. The standard InChI is InChI=1S/C27H27ClF2N4O4S/c1-4-22(35)32-5-7-33(8-6-32)26-18-9-15(2)23(17-10-19(28)21(30)11-20(17)29)25-24(18)34(27(36)31-26)12-16(13-39-25)38-14-37-3/h4,9-11,16H,1,5-8,12-14H2,2-3H3/t16-/m1/s1. The van der Waals surface area contributed by atoms with Gasteiger partial charge in [0.1, 0.15) is 24.2 Å². The predicted octanol–water partition coefficient (Wildman–Crippen LogP) is 4.23. The predicted molar refractivity (Wildman–Crippen MR) is 148 cm³/mol. The number of carbonyl (C=O) groups is 1. The number of rotatable bonds is 6. The lowest BCUT2D eigenvalue weighted by molar-refractivity contribution is -0.126. The Morgan fingerprint density at radius 3 is 2.67 bits per heavy atom. The van der Waals surface area contributed by atoms with Crippen molar-refractivity contribution < 1.29 is 23.0 Å². The van der Waals surface area contributed by atoms with E-state index in [2.05, 4.69) is 11.6 Å². The third-order valence-electron chi connectivity index (χ3n) is 6.96. The number of anilines is 1. The van der Waals surface area contributed by atoms with Gasteiger partial charge in [0.25, 0.3) is 0 Å². The van der Waals surface area contributed by atoms with E-state index in [9.17, 15) is 14.0 Å². The first-order chi connectivity index (χ1) is 18.7. The number of methoxy groups -OCH3 is 1. The maximum absolute atomic E-state index is 15.2. The molecule has 3 heterocycles. The molecule has 1 aromatic heterocycles. The third-order valence-corrected chi connectivity index (χ3v) is 8.48. The van der Waals surface area contributed by atoms with Crippen molar-refractivity contribution in [3.05, 3.63) is 63.6 Å². The Morgan fingerprint density at radius 1 is 1.23 bits per heavy atom. The SMILES string of the molecule is C=CC(=O)N1CCN(c2nc(=O)n3c4c(c(-c5cc(Cl)c(F)cc5F)c(C)cc24)SC[C@H](OCOC)C3)CC1. The molecule has 0 bridgehead atoms. The van der Waals surface area contributed by atoms with E-state index in [1.54, 1.807) is 9.47 Å². The smallest absolute Gasteiger partial charge is 0.350 e. The van der Waals surface area contributed by atoms with Gasteiger partial charge in [-0.2, -0.15) is 4.98 Å². The molecule has 0 saturated carbocycles. The molecule has 1 fully saturated rings. The number of halogens is 3. The Labute approximate surface area is 233 Å². The Hall–Kier alpha value is -2.99. The maximum atomic E-state index is 15.2. The topological polar surface area (TPSA) is 76.9 Å². The second-order valence-corrected chi connectivity index (χ2v) is 10.8. The molecule has 1 atom stereocenters. The van der Waals surface area contributed by atoms with Crippen molar-refractivity contribution in [2.75, 3.05) is 50.7 Å². The molecule has 39 heavy (non-hydrogen) atoms. The van der Waals surface area contributed by atoms with Gasteiger partial charge in [0.2, 0.25) is 5.91 Å². The Morgan fingerprint density at radius 2 is 1.97 bits per heavy atom. The van der Waals surface area contributed by atoms with Gasteiger partial charge in [-0.1, -0.05) is 18.2 Å². The van der Waals surface area contributed by atoms with E-state index in [4.69, 9.17) is 21.1 Å².